The van der Waals surface area contributed by atoms with Crippen molar-refractivity contribution in [2.75, 3.05) is 12.8 Å². The molecule has 0 unspecified atom stereocenters. The van der Waals surface area contributed by atoms with Gasteiger partial charge in [-0.3, -0.25) is 10.1 Å². The fourth-order valence-electron chi connectivity index (χ4n) is 1.74. The van der Waals surface area contributed by atoms with Crippen molar-refractivity contribution < 1.29 is 14.4 Å². The van der Waals surface area contributed by atoms with Gasteiger partial charge in [-0.15, -0.1) is 0 Å². The molecule has 0 saturated heterocycles. The predicted octanol–water partition coefficient (Wildman–Crippen LogP) is 2.76. The zero-order valence-corrected chi connectivity index (χ0v) is 10.9. The number of hydrogen-bond acceptors (Lipinski definition) is 5. The summed E-state index contributed by atoms with van der Waals surface area (Å²) in [5.74, 6) is 0.768. The van der Waals surface area contributed by atoms with Crippen molar-refractivity contribution in [1.82, 2.24) is 0 Å². The molecule has 0 amide bonds. The number of nitrogens with two attached hydrogens (primary N) is 1. The van der Waals surface area contributed by atoms with Gasteiger partial charge in [-0.05, 0) is 23.8 Å². The van der Waals surface area contributed by atoms with Crippen LogP contribution < -0.4 is 15.2 Å². The van der Waals surface area contributed by atoms with Crippen LogP contribution in [0.25, 0.3) is 0 Å². The van der Waals surface area contributed by atoms with E-state index in [0.717, 1.165) is 0 Å². The molecule has 0 aliphatic carbocycles. The van der Waals surface area contributed by atoms with Gasteiger partial charge in [0.15, 0.2) is 5.75 Å². The van der Waals surface area contributed by atoms with Crippen LogP contribution >= 0.6 is 0 Å². The molecule has 0 heterocycles. The first kappa shape index (κ1) is 13.7. The standard InChI is InChI=1S/C14H14N2O4/c1-19-14-7-6-10(8-12(14)16(17)18)9-20-13-5-3-2-4-11(13)15/h2-8H,9,15H2,1H3. The maximum absolute atomic E-state index is 10.9. The first-order valence-corrected chi connectivity index (χ1v) is 5.90. The van der Waals surface area contributed by atoms with Crippen LogP contribution in [0.3, 0.4) is 0 Å². The summed E-state index contributed by atoms with van der Waals surface area (Å²) in [5, 5.41) is 10.9. The van der Waals surface area contributed by atoms with E-state index >= 15 is 0 Å². The van der Waals surface area contributed by atoms with Crippen molar-refractivity contribution in [1.29, 1.82) is 0 Å². The maximum Gasteiger partial charge on any atom is 0.311 e. The van der Waals surface area contributed by atoms with E-state index in [0.29, 0.717) is 17.0 Å². The molecular formula is C14H14N2O4. The van der Waals surface area contributed by atoms with Gasteiger partial charge in [0.1, 0.15) is 12.4 Å². The molecule has 0 aromatic heterocycles. The van der Waals surface area contributed by atoms with Gasteiger partial charge in [0.2, 0.25) is 0 Å². The lowest BCUT2D eigenvalue weighted by atomic mass is 10.2. The number of ether oxygens (including phenoxy) is 2. The van der Waals surface area contributed by atoms with Crippen LogP contribution in [0.1, 0.15) is 5.56 Å². The van der Waals surface area contributed by atoms with Crippen LogP contribution in [0, 0.1) is 10.1 Å². The lowest BCUT2D eigenvalue weighted by Crippen LogP contribution is -2.00. The van der Waals surface area contributed by atoms with Gasteiger partial charge in [0.05, 0.1) is 17.7 Å². The number of para-hydroxylation sites is 2. The third kappa shape index (κ3) is 2.97. The number of nitrogens with zero attached hydrogens (tertiary/aromatic N) is 1. The van der Waals surface area contributed by atoms with Gasteiger partial charge in [-0.1, -0.05) is 18.2 Å². The van der Waals surface area contributed by atoms with E-state index in [4.69, 9.17) is 15.2 Å². The second-order valence-electron chi connectivity index (χ2n) is 4.09. The van der Waals surface area contributed by atoms with E-state index in [9.17, 15) is 10.1 Å². The number of hydrogen-bond donors (Lipinski definition) is 1. The van der Waals surface area contributed by atoms with Gasteiger partial charge in [0, 0.05) is 6.07 Å². The van der Waals surface area contributed by atoms with Gasteiger partial charge >= 0.3 is 5.69 Å². The molecule has 2 aromatic rings. The molecule has 6 nitrogen and oxygen atoms in total. The SMILES string of the molecule is COc1ccc(COc2ccccc2N)cc1[N+](=O)[O-]. The molecule has 0 spiro atoms. The Hall–Kier alpha value is -2.76. The number of rotatable bonds is 5. The summed E-state index contributed by atoms with van der Waals surface area (Å²) < 4.78 is 10.5. The average Bonchev–Trinajstić information content (AvgIpc) is 2.46. The number of nitro benzene ring substituents is 1. The molecule has 6 heteroatoms. The Bertz CT molecular complexity index is 628. The number of anilines is 1. The summed E-state index contributed by atoms with van der Waals surface area (Å²) >= 11 is 0. The van der Waals surface area contributed by atoms with Crippen LogP contribution in [0.4, 0.5) is 11.4 Å². The van der Waals surface area contributed by atoms with Crippen molar-refractivity contribution in [3.63, 3.8) is 0 Å². The van der Waals surface area contributed by atoms with Crippen molar-refractivity contribution >= 4 is 11.4 Å². The fourth-order valence-corrected chi connectivity index (χ4v) is 1.74. The van der Waals surface area contributed by atoms with Crippen LogP contribution in [-0.4, -0.2) is 12.0 Å². The quantitative estimate of drug-likeness (QED) is 0.514. The lowest BCUT2D eigenvalue weighted by Gasteiger charge is -2.09. The zero-order chi connectivity index (χ0) is 14.5. The Morgan fingerprint density at radius 1 is 1.20 bits per heavy atom. The minimum absolute atomic E-state index is 0.0883. The largest absolute Gasteiger partial charge is 0.490 e. The molecule has 2 aromatic carbocycles. The molecule has 0 bridgehead atoms. The maximum atomic E-state index is 10.9. The predicted molar refractivity (Wildman–Crippen MR) is 74.8 cm³/mol. The molecule has 2 N–H and O–H groups in total. The highest BCUT2D eigenvalue weighted by Gasteiger charge is 2.15. The second kappa shape index (κ2) is 5.92. The topological polar surface area (TPSA) is 87.6 Å². The van der Waals surface area contributed by atoms with E-state index in [2.05, 4.69) is 0 Å². The summed E-state index contributed by atoms with van der Waals surface area (Å²) in [6.07, 6.45) is 0. The highest BCUT2D eigenvalue weighted by atomic mass is 16.6. The van der Waals surface area contributed by atoms with Crippen molar-refractivity contribution in [3.05, 3.63) is 58.1 Å². The van der Waals surface area contributed by atoms with Gasteiger partial charge in [-0.25, -0.2) is 0 Å². The normalized spacial score (nSPS) is 10.1. The summed E-state index contributed by atoms with van der Waals surface area (Å²) in [6, 6.07) is 11.8. The average molecular weight is 274 g/mol. The molecule has 0 aliphatic heterocycles. The molecule has 0 aliphatic rings. The Morgan fingerprint density at radius 2 is 1.95 bits per heavy atom. The van der Waals surface area contributed by atoms with Crippen molar-refractivity contribution in [3.8, 4) is 11.5 Å². The van der Waals surface area contributed by atoms with E-state index in [1.54, 1.807) is 30.3 Å². The third-order valence-corrected chi connectivity index (χ3v) is 2.75. The van der Waals surface area contributed by atoms with Gasteiger partial charge in [-0.2, -0.15) is 0 Å². The molecule has 0 saturated carbocycles. The van der Waals surface area contributed by atoms with Gasteiger partial charge < -0.3 is 15.2 Å². The van der Waals surface area contributed by atoms with Crippen molar-refractivity contribution in [2.45, 2.75) is 6.61 Å². The molecule has 104 valence electrons. The molecule has 0 atom stereocenters. The Labute approximate surface area is 115 Å². The summed E-state index contributed by atoms with van der Waals surface area (Å²) in [4.78, 5) is 10.4. The van der Waals surface area contributed by atoms with E-state index < -0.39 is 4.92 Å². The van der Waals surface area contributed by atoms with E-state index in [1.807, 2.05) is 6.07 Å². The highest BCUT2D eigenvalue weighted by Crippen LogP contribution is 2.28. The van der Waals surface area contributed by atoms with Crippen LogP contribution in [0.5, 0.6) is 11.5 Å². The third-order valence-electron chi connectivity index (χ3n) is 2.75. The zero-order valence-electron chi connectivity index (χ0n) is 10.9. The first-order chi connectivity index (χ1) is 9.61. The highest BCUT2D eigenvalue weighted by molar-refractivity contribution is 5.52. The number of benzene rings is 2. The second-order valence-corrected chi connectivity index (χ2v) is 4.09. The molecule has 2 rings (SSSR count). The summed E-state index contributed by atoms with van der Waals surface area (Å²) in [5.41, 5.74) is 6.86. The molecule has 0 radical (unpaired) electrons. The Morgan fingerprint density at radius 3 is 2.60 bits per heavy atom. The van der Waals surface area contributed by atoms with Crippen LogP contribution in [0.2, 0.25) is 0 Å². The van der Waals surface area contributed by atoms with E-state index in [1.165, 1.54) is 13.2 Å². The fraction of sp³-hybridized carbons (Fsp3) is 0.143. The number of nitro groups is 1. The van der Waals surface area contributed by atoms with Gasteiger partial charge in [0.25, 0.3) is 0 Å². The van der Waals surface area contributed by atoms with Crippen molar-refractivity contribution in [2.24, 2.45) is 0 Å². The number of methoxy groups -OCH3 is 1. The molecule has 0 fully saturated rings. The van der Waals surface area contributed by atoms with E-state index in [-0.39, 0.29) is 18.0 Å². The summed E-state index contributed by atoms with van der Waals surface area (Å²) in [7, 11) is 1.39. The minimum Gasteiger partial charge on any atom is -0.490 e. The van der Waals surface area contributed by atoms with Crippen LogP contribution in [-0.2, 0) is 6.61 Å². The van der Waals surface area contributed by atoms with Crippen LogP contribution in [0.15, 0.2) is 42.5 Å². The smallest absolute Gasteiger partial charge is 0.311 e. The first-order valence-electron chi connectivity index (χ1n) is 5.90. The minimum atomic E-state index is -0.487. The lowest BCUT2D eigenvalue weighted by molar-refractivity contribution is -0.385. The molecule has 20 heavy (non-hydrogen) atoms. The Balaban J connectivity index is 2.16. The molecular weight excluding hydrogens is 260 g/mol. The monoisotopic (exact) mass is 274 g/mol. The Kier molecular flexibility index (Phi) is 4.05. The summed E-state index contributed by atoms with van der Waals surface area (Å²) in [6.45, 7) is 0.193. The number of nitrogen functional groups attached to an aromatic ring is 1.